The van der Waals surface area contributed by atoms with Gasteiger partial charge in [-0.2, -0.15) is 5.26 Å². The molecule has 0 unspecified atom stereocenters. The molecule has 2 rings (SSSR count). The number of hydrogen-bond acceptors (Lipinski definition) is 4. The number of nitrogens with zero attached hydrogens (tertiary/aromatic N) is 4. The Labute approximate surface area is 106 Å². The van der Waals surface area contributed by atoms with E-state index in [0.29, 0.717) is 17.8 Å². The van der Waals surface area contributed by atoms with E-state index in [1.54, 1.807) is 12.3 Å². The van der Waals surface area contributed by atoms with Gasteiger partial charge in [0.05, 0.1) is 23.5 Å². The molecule has 18 heavy (non-hydrogen) atoms. The van der Waals surface area contributed by atoms with Crippen molar-refractivity contribution in [3.63, 3.8) is 0 Å². The van der Waals surface area contributed by atoms with E-state index < -0.39 is 0 Å². The van der Waals surface area contributed by atoms with Crippen LogP contribution in [0.3, 0.4) is 0 Å². The molecule has 0 aliphatic carbocycles. The van der Waals surface area contributed by atoms with Gasteiger partial charge in [0.15, 0.2) is 0 Å². The van der Waals surface area contributed by atoms with Gasteiger partial charge >= 0.3 is 0 Å². The van der Waals surface area contributed by atoms with Crippen molar-refractivity contribution in [1.82, 2.24) is 9.55 Å². The van der Waals surface area contributed by atoms with Crippen LogP contribution in [-0.2, 0) is 13.6 Å². The standard InChI is InChI=1S/C13H15N5/c1-17-7-6-16-12(17)9-18(2)11-5-3-4-10(8-14)13(11)15/h3-7H,9,15H2,1-2H3. The van der Waals surface area contributed by atoms with Crippen LogP contribution in [0.1, 0.15) is 11.4 Å². The molecule has 5 heteroatoms. The SMILES string of the molecule is CN(Cc1nccn1C)c1cccc(C#N)c1N. The van der Waals surface area contributed by atoms with Gasteiger partial charge in [-0.15, -0.1) is 0 Å². The highest BCUT2D eigenvalue weighted by atomic mass is 15.2. The van der Waals surface area contributed by atoms with E-state index >= 15 is 0 Å². The topological polar surface area (TPSA) is 70.9 Å². The molecule has 0 spiro atoms. The molecule has 0 saturated carbocycles. The van der Waals surface area contributed by atoms with Crippen molar-refractivity contribution in [2.24, 2.45) is 7.05 Å². The molecular weight excluding hydrogens is 226 g/mol. The molecule has 92 valence electrons. The average molecular weight is 241 g/mol. The van der Waals surface area contributed by atoms with Crippen LogP contribution in [0.5, 0.6) is 0 Å². The zero-order chi connectivity index (χ0) is 13.1. The first kappa shape index (κ1) is 12.0. The lowest BCUT2D eigenvalue weighted by Crippen LogP contribution is -2.20. The molecule has 0 saturated heterocycles. The fraction of sp³-hybridized carbons (Fsp3) is 0.231. The van der Waals surface area contributed by atoms with Gasteiger partial charge in [-0.25, -0.2) is 4.98 Å². The Morgan fingerprint density at radius 3 is 2.89 bits per heavy atom. The zero-order valence-corrected chi connectivity index (χ0v) is 10.5. The lowest BCUT2D eigenvalue weighted by Gasteiger charge is -2.21. The molecular formula is C13H15N5. The second-order valence-electron chi connectivity index (χ2n) is 4.16. The van der Waals surface area contributed by atoms with Crippen molar-refractivity contribution in [1.29, 1.82) is 5.26 Å². The van der Waals surface area contributed by atoms with Gasteiger partial charge in [-0.3, -0.25) is 0 Å². The van der Waals surface area contributed by atoms with E-state index in [1.807, 2.05) is 41.9 Å². The molecule has 1 aromatic carbocycles. The summed E-state index contributed by atoms with van der Waals surface area (Å²) in [5.41, 5.74) is 7.82. The number of nitrogen functional groups attached to an aromatic ring is 1. The van der Waals surface area contributed by atoms with E-state index in [1.165, 1.54) is 0 Å². The molecule has 2 aromatic rings. The molecule has 0 radical (unpaired) electrons. The first-order valence-electron chi connectivity index (χ1n) is 5.59. The molecule has 0 atom stereocenters. The van der Waals surface area contributed by atoms with Gasteiger partial charge in [0.2, 0.25) is 0 Å². The molecule has 0 amide bonds. The van der Waals surface area contributed by atoms with Crippen molar-refractivity contribution in [3.05, 3.63) is 42.0 Å². The highest BCUT2D eigenvalue weighted by Gasteiger charge is 2.10. The Kier molecular flexibility index (Phi) is 3.20. The highest BCUT2D eigenvalue weighted by Crippen LogP contribution is 2.26. The van der Waals surface area contributed by atoms with Crippen molar-refractivity contribution in [2.45, 2.75) is 6.54 Å². The second-order valence-corrected chi connectivity index (χ2v) is 4.16. The Morgan fingerprint density at radius 1 is 1.50 bits per heavy atom. The predicted molar refractivity (Wildman–Crippen MR) is 70.9 cm³/mol. The maximum absolute atomic E-state index is 8.96. The van der Waals surface area contributed by atoms with E-state index in [4.69, 9.17) is 11.0 Å². The van der Waals surface area contributed by atoms with Gasteiger partial charge < -0.3 is 15.2 Å². The van der Waals surface area contributed by atoms with Gasteiger partial charge in [0, 0.05) is 26.5 Å². The molecule has 1 aromatic heterocycles. The summed E-state index contributed by atoms with van der Waals surface area (Å²) >= 11 is 0. The van der Waals surface area contributed by atoms with Gasteiger partial charge in [0.25, 0.3) is 0 Å². The quantitative estimate of drug-likeness (QED) is 0.827. The lowest BCUT2D eigenvalue weighted by molar-refractivity contribution is 0.762. The fourth-order valence-corrected chi connectivity index (χ4v) is 1.83. The summed E-state index contributed by atoms with van der Waals surface area (Å²) in [4.78, 5) is 6.25. The van der Waals surface area contributed by atoms with E-state index in [9.17, 15) is 0 Å². The van der Waals surface area contributed by atoms with Crippen LogP contribution in [0.15, 0.2) is 30.6 Å². The number of nitriles is 1. The van der Waals surface area contributed by atoms with Crippen LogP contribution in [0, 0.1) is 11.3 Å². The number of nitrogens with two attached hydrogens (primary N) is 1. The predicted octanol–water partition coefficient (Wildman–Crippen LogP) is 1.51. The molecule has 2 N–H and O–H groups in total. The number of hydrogen-bond donors (Lipinski definition) is 1. The normalized spacial score (nSPS) is 10.1. The molecule has 5 nitrogen and oxygen atoms in total. The summed E-state index contributed by atoms with van der Waals surface area (Å²) in [6.07, 6.45) is 3.66. The summed E-state index contributed by atoms with van der Waals surface area (Å²) in [6.45, 7) is 0.641. The van der Waals surface area contributed by atoms with E-state index in [0.717, 1.165) is 11.5 Å². The average Bonchev–Trinajstić information content (AvgIpc) is 2.75. The number of imidazole rings is 1. The van der Waals surface area contributed by atoms with Crippen LogP contribution in [0.4, 0.5) is 11.4 Å². The molecule has 1 heterocycles. The molecule has 0 fully saturated rings. The second kappa shape index (κ2) is 4.80. The minimum Gasteiger partial charge on any atom is -0.396 e. The van der Waals surface area contributed by atoms with E-state index in [2.05, 4.69) is 11.1 Å². The van der Waals surface area contributed by atoms with Crippen LogP contribution in [-0.4, -0.2) is 16.6 Å². The van der Waals surface area contributed by atoms with Crippen LogP contribution in [0.2, 0.25) is 0 Å². The number of benzene rings is 1. The Hall–Kier alpha value is -2.48. The monoisotopic (exact) mass is 241 g/mol. The van der Waals surface area contributed by atoms with Crippen LogP contribution < -0.4 is 10.6 Å². The number of rotatable bonds is 3. The third-order valence-corrected chi connectivity index (χ3v) is 2.91. The highest BCUT2D eigenvalue weighted by molar-refractivity contribution is 5.73. The fourth-order valence-electron chi connectivity index (χ4n) is 1.83. The lowest BCUT2D eigenvalue weighted by atomic mass is 10.1. The Morgan fingerprint density at radius 2 is 2.28 bits per heavy atom. The van der Waals surface area contributed by atoms with Gasteiger partial charge in [-0.05, 0) is 12.1 Å². The smallest absolute Gasteiger partial charge is 0.127 e. The largest absolute Gasteiger partial charge is 0.396 e. The van der Waals surface area contributed by atoms with Crippen molar-refractivity contribution in [2.75, 3.05) is 17.7 Å². The molecule has 0 aliphatic rings. The molecule has 0 aliphatic heterocycles. The minimum absolute atomic E-state index is 0.499. The zero-order valence-electron chi connectivity index (χ0n) is 10.5. The van der Waals surface area contributed by atoms with Crippen molar-refractivity contribution in [3.8, 4) is 6.07 Å². The number of para-hydroxylation sites is 1. The maximum Gasteiger partial charge on any atom is 0.127 e. The number of aromatic nitrogens is 2. The first-order chi connectivity index (χ1) is 8.63. The van der Waals surface area contributed by atoms with Gasteiger partial charge in [0.1, 0.15) is 11.9 Å². The van der Waals surface area contributed by atoms with Crippen molar-refractivity contribution >= 4 is 11.4 Å². The number of aryl methyl sites for hydroxylation is 1. The number of anilines is 2. The Bertz CT molecular complexity index is 594. The van der Waals surface area contributed by atoms with E-state index in [-0.39, 0.29) is 0 Å². The summed E-state index contributed by atoms with van der Waals surface area (Å²) in [7, 11) is 3.88. The summed E-state index contributed by atoms with van der Waals surface area (Å²) in [6, 6.07) is 7.54. The van der Waals surface area contributed by atoms with Crippen LogP contribution in [0.25, 0.3) is 0 Å². The third kappa shape index (κ3) is 2.13. The third-order valence-electron chi connectivity index (χ3n) is 2.91. The minimum atomic E-state index is 0.499. The Balaban J connectivity index is 2.27. The summed E-state index contributed by atoms with van der Waals surface area (Å²) < 4.78 is 1.96. The molecule has 0 bridgehead atoms. The van der Waals surface area contributed by atoms with Gasteiger partial charge in [-0.1, -0.05) is 6.07 Å². The first-order valence-corrected chi connectivity index (χ1v) is 5.59. The summed E-state index contributed by atoms with van der Waals surface area (Å²) in [5.74, 6) is 0.944. The maximum atomic E-state index is 8.96. The van der Waals surface area contributed by atoms with Crippen LogP contribution >= 0.6 is 0 Å². The van der Waals surface area contributed by atoms with Crippen molar-refractivity contribution < 1.29 is 0 Å². The summed E-state index contributed by atoms with van der Waals surface area (Å²) in [5, 5.41) is 8.96.